The zero-order valence-electron chi connectivity index (χ0n) is 14.3. The summed E-state index contributed by atoms with van der Waals surface area (Å²) in [6.45, 7) is 0. The second-order valence-electron chi connectivity index (χ2n) is 7.30. The smallest absolute Gasteiger partial charge is 0.346 e. The predicted octanol–water partition coefficient (Wildman–Crippen LogP) is 1.55. The lowest BCUT2D eigenvalue weighted by molar-refractivity contribution is -0.474. The quantitative estimate of drug-likeness (QED) is 0.643. The number of carbonyl (C=O) groups excluding carboxylic acids is 2. The summed E-state index contributed by atoms with van der Waals surface area (Å²) in [5.74, 6) is -1.39. The first kappa shape index (κ1) is 16.2. The first-order valence-electron chi connectivity index (χ1n) is 8.93. The van der Waals surface area contributed by atoms with Crippen LogP contribution in [0, 0.1) is 4.91 Å². The first-order valence-corrected chi connectivity index (χ1v) is 8.93. The maximum Gasteiger partial charge on any atom is 0.349 e. The summed E-state index contributed by atoms with van der Waals surface area (Å²) >= 11 is 0. The number of benzene rings is 1. The van der Waals surface area contributed by atoms with Crippen LogP contribution in [-0.2, 0) is 9.59 Å². The van der Waals surface area contributed by atoms with Gasteiger partial charge in [-0.2, -0.15) is 0 Å². The third-order valence-corrected chi connectivity index (χ3v) is 5.82. The van der Waals surface area contributed by atoms with Gasteiger partial charge in [0.25, 0.3) is 11.6 Å². The van der Waals surface area contributed by atoms with E-state index in [0.717, 1.165) is 25.7 Å². The van der Waals surface area contributed by atoms with Crippen molar-refractivity contribution in [1.29, 1.82) is 0 Å². The van der Waals surface area contributed by atoms with Gasteiger partial charge in [0.1, 0.15) is 5.69 Å². The Morgan fingerprint density at radius 2 is 1.88 bits per heavy atom. The zero-order valence-corrected chi connectivity index (χ0v) is 14.3. The second kappa shape index (κ2) is 6.22. The van der Waals surface area contributed by atoms with E-state index in [2.05, 4.69) is 22.6 Å². The summed E-state index contributed by atoms with van der Waals surface area (Å²) < 4.78 is 0.584. The van der Waals surface area contributed by atoms with Crippen LogP contribution in [0.15, 0.2) is 24.3 Å². The lowest BCUT2D eigenvalue weighted by Gasteiger charge is -2.47. The number of nitrogens with one attached hydrogen (secondary N) is 2. The van der Waals surface area contributed by atoms with Crippen LogP contribution < -0.4 is 10.6 Å². The van der Waals surface area contributed by atoms with Gasteiger partial charge in [0.2, 0.25) is 0 Å². The number of carbonyl (C=O) groups is 2. The maximum absolute atomic E-state index is 12.5. The second-order valence-corrected chi connectivity index (χ2v) is 7.30. The Morgan fingerprint density at radius 1 is 1.20 bits per heavy atom. The summed E-state index contributed by atoms with van der Waals surface area (Å²) in [5, 5.41) is 5.72. The van der Waals surface area contributed by atoms with Crippen LogP contribution in [-0.4, -0.2) is 52.7 Å². The number of fused-ring (bicyclic) bond motifs is 3. The molecule has 0 aromatic heterocycles. The van der Waals surface area contributed by atoms with E-state index in [0.29, 0.717) is 28.2 Å². The summed E-state index contributed by atoms with van der Waals surface area (Å²) in [4.78, 5) is 39.6. The number of nitroso groups, excluding NO2 is 1. The molecule has 7 heteroatoms. The van der Waals surface area contributed by atoms with Crippen molar-refractivity contribution in [1.82, 2.24) is 10.2 Å². The normalized spacial score (nSPS) is 31.2. The molecule has 1 aromatic carbocycles. The van der Waals surface area contributed by atoms with Gasteiger partial charge >= 0.3 is 11.9 Å². The average molecular weight is 343 g/mol. The third kappa shape index (κ3) is 2.82. The number of para-hydroxylation sites is 2. The van der Waals surface area contributed by atoms with Gasteiger partial charge in [-0.3, -0.25) is 9.59 Å². The number of hydrogen-bond acceptors (Lipinski definition) is 5. The standard InChI is InChI=1S/C18H22N4O3/c1-21-12-5-4-6-13(21)10-11(9-12)19-18(24)16(23)17-20-14-7-2-3-8-15(14)22(17)25/h2-3,7-8,11-13,17H,4-6,9-10H2,1H3,(H-,19,20,24,25)/p+1. The molecule has 2 bridgehead atoms. The minimum atomic E-state index is -1.18. The number of amides is 1. The van der Waals surface area contributed by atoms with E-state index < -0.39 is 17.9 Å². The van der Waals surface area contributed by atoms with Crippen molar-refractivity contribution in [3.8, 4) is 0 Å². The van der Waals surface area contributed by atoms with Crippen molar-refractivity contribution in [2.75, 3.05) is 12.4 Å². The number of nitrogens with zero attached hydrogens (tertiary/aromatic N) is 2. The molecule has 0 saturated carbocycles. The molecule has 2 saturated heterocycles. The molecule has 7 nitrogen and oxygen atoms in total. The van der Waals surface area contributed by atoms with Crippen LogP contribution in [0.4, 0.5) is 11.4 Å². The van der Waals surface area contributed by atoms with E-state index in [4.69, 9.17) is 0 Å². The molecule has 3 aliphatic heterocycles. The van der Waals surface area contributed by atoms with Crippen molar-refractivity contribution >= 4 is 23.1 Å². The van der Waals surface area contributed by atoms with Crippen LogP contribution >= 0.6 is 0 Å². The zero-order chi connectivity index (χ0) is 17.6. The SMILES string of the molecule is CN1C2CCCC1CC(NC(=O)C(=O)C1Nc3ccccc3[N+]1=O)C2. The Bertz CT molecular complexity index is 721. The van der Waals surface area contributed by atoms with Gasteiger partial charge in [-0.25, -0.2) is 0 Å². The summed E-state index contributed by atoms with van der Waals surface area (Å²) in [5.41, 5.74) is 0.972. The highest BCUT2D eigenvalue weighted by Gasteiger charge is 2.47. The van der Waals surface area contributed by atoms with Crippen molar-refractivity contribution in [2.45, 2.75) is 56.4 Å². The molecule has 0 aliphatic carbocycles. The van der Waals surface area contributed by atoms with E-state index in [1.807, 2.05) is 0 Å². The van der Waals surface area contributed by atoms with Gasteiger partial charge < -0.3 is 15.5 Å². The van der Waals surface area contributed by atoms with Crippen molar-refractivity contribution in [3.05, 3.63) is 29.2 Å². The Labute approximate surface area is 146 Å². The number of ketones is 1. The van der Waals surface area contributed by atoms with E-state index in [1.165, 1.54) is 6.42 Å². The molecule has 2 fully saturated rings. The molecular weight excluding hydrogens is 320 g/mol. The number of anilines is 1. The maximum atomic E-state index is 12.5. The average Bonchev–Trinajstić information content (AvgIpc) is 2.92. The number of Topliss-reactive ketones (excluding diaryl/α,β-unsaturated/α-hetero) is 1. The summed E-state index contributed by atoms with van der Waals surface area (Å²) in [7, 11) is 2.15. The van der Waals surface area contributed by atoms with Gasteiger partial charge in [-0.1, -0.05) is 18.6 Å². The molecule has 1 aromatic rings. The van der Waals surface area contributed by atoms with E-state index in [1.54, 1.807) is 24.3 Å². The summed E-state index contributed by atoms with van der Waals surface area (Å²) in [6.07, 6.45) is 4.07. The fourth-order valence-corrected chi connectivity index (χ4v) is 4.42. The van der Waals surface area contributed by atoms with E-state index in [9.17, 15) is 14.5 Å². The molecule has 2 N–H and O–H groups in total. The fourth-order valence-electron chi connectivity index (χ4n) is 4.42. The van der Waals surface area contributed by atoms with Gasteiger partial charge in [0.15, 0.2) is 0 Å². The lowest BCUT2D eigenvalue weighted by Crippen LogP contribution is -2.57. The minimum absolute atomic E-state index is 0.00632. The summed E-state index contributed by atoms with van der Waals surface area (Å²) in [6, 6.07) is 7.82. The lowest BCUT2D eigenvalue weighted by atomic mass is 9.82. The third-order valence-electron chi connectivity index (χ3n) is 5.82. The van der Waals surface area contributed by atoms with Gasteiger partial charge in [0.05, 0.1) is 4.76 Å². The molecule has 1 amide bonds. The van der Waals surface area contributed by atoms with Crippen molar-refractivity contribution in [2.24, 2.45) is 0 Å². The number of hydrogen-bond donors (Lipinski definition) is 2. The number of rotatable bonds is 3. The molecule has 3 heterocycles. The van der Waals surface area contributed by atoms with Crippen LogP contribution in [0.1, 0.15) is 32.1 Å². The Balaban J connectivity index is 1.41. The highest BCUT2D eigenvalue weighted by molar-refractivity contribution is 6.38. The predicted molar refractivity (Wildman–Crippen MR) is 92.5 cm³/mol. The highest BCUT2D eigenvalue weighted by atomic mass is 16.3. The Hall–Kier alpha value is -2.28. The Kier molecular flexibility index (Phi) is 4.03. The van der Waals surface area contributed by atoms with Gasteiger partial charge in [0, 0.05) is 29.1 Å². The van der Waals surface area contributed by atoms with Crippen LogP contribution in [0.3, 0.4) is 0 Å². The van der Waals surface area contributed by atoms with Crippen LogP contribution in [0.25, 0.3) is 0 Å². The molecule has 25 heavy (non-hydrogen) atoms. The van der Waals surface area contributed by atoms with Gasteiger partial charge in [-0.05, 0) is 38.8 Å². The molecule has 0 radical (unpaired) electrons. The fraction of sp³-hybridized carbons (Fsp3) is 0.556. The topological polar surface area (TPSA) is 81.5 Å². The molecular formula is C18H23N4O3+. The van der Waals surface area contributed by atoms with Gasteiger partial charge in [-0.15, -0.1) is 0 Å². The molecule has 132 valence electrons. The minimum Gasteiger partial charge on any atom is -0.346 e. The Morgan fingerprint density at radius 3 is 2.56 bits per heavy atom. The highest BCUT2D eigenvalue weighted by Crippen LogP contribution is 2.34. The molecule has 3 atom stereocenters. The van der Waals surface area contributed by atoms with Crippen LogP contribution in [0.5, 0.6) is 0 Å². The molecule has 3 unspecified atom stereocenters. The molecule has 3 aliphatic rings. The van der Waals surface area contributed by atoms with E-state index >= 15 is 0 Å². The monoisotopic (exact) mass is 343 g/mol. The largest absolute Gasteiger partial charge is 0.349 e. The first-order chi connectivity index (χ1) is 12.0. The van der Waals surface area contributed by atoms with E-state index in [-0.39, 0.29) is 6.04 Å². The van der Waals surface area contributed by atoms with Crippen LogP contribution in [0.2, 0.25) is 0 Å². The van der Waals surface area contributed by atoms with Crippen molar-refractivity contribution < 1.29 is 14.3 Å². The molecule has 0 spiro atoms. The van der Waals surface area contributed by atoms with Crippen molar-refractivity contribution in [3.63, 3.8) is 0 Å². The number of piperidine rings is 2. The molecule has 4 rings (SSSR count).